The predicted molar refractivity (Wildman–Crippen MR) is 118 cm³/mol. The summed E-state index contributed by atoms with van der Waals surface area (Å²) in [5.74, 6) is 3.24. The Labute approximate surface area is 182 Å². The number of likely N-dealkylation sites (tertiary alicyclic amines) is 1. The number of urea groups is 1. The quantitative estimate of drug-likeness (QED) is 0.535. The van der Waals surface area contributed by atoms with Crippen LogP contribution in [0.3, 0.4) is 0 Å². The van der Waals surface area contributed by atoms with Gasteiger partial charge in [0.25, 0.3) is 0 Å². The first-order valence-electron chi connectivity index (χ1n) is 10.0. The molecule has 2 aromatic carbocycles. The number of carbonyl (C=O) groups is 2. The second-order valence-electron chi connectivity index (χ2n) is 7.25. The Bertz CT molecular complexity index is 896. The molecule has 0 aliphatic carbocycles. The molecule has 0 saturated carbocycles. The molecule has 0 bridgehead atoms. The van der Waals surface area contributed by atoms with E-state index in [0.717, 1.165) is 17.7 Å². The second-order valence-corrected chi connectivity index (χ2v) is 7.69. The molecule has 1 saturated heterocycles. The van der Waals surface area contributed by atoms with Crippen LogP contribution < -0.4 is 10.1 Å². The largest absolute Gasteiger partial charge is 0.481 e. The van der Waals surface area contributed by atoms with Crippen molar-refractivity contribution in [3.05, 3.63) is 64.7 Å². The van der Waals surface area contributed by atoms with Gasteiger partial charge >= 0.3 is 6.03 Å². The number of carbonyl (C=O) groups excluding carboxylic acids is 2. The maximum absolute atomic E-state index is 12.6. The molecule has 2 aromatic rings. The summed E-state index contributed by atoms with van der Waals surface area (Å²) in [6, 6.07) is 14.6. The fraction of sp³-hybridized carbons (Fsp3) is 0.333. The third-order valence-corrected chi connectivity index (χ3v) is 5.47. The lowest BCUT2D eigenvalue weighted by atomic mass is 9.89. The van der Waals surface area contributed by atoms with Gasteiger partial charge in [0.05, 0.1) is 0 Å². The minimum Gasteiger partial charge on any atom is -0.481 e. The van der Waals surface area contributed by atoms with E-state index in [4.69, 9.17) is 22.8 Å². The smallest absolute Gasteiger partial charge is 0.317 e. The zero-order chi connectivity index (χ0) is 21.3. The minimum absolute atomic E-state index is 0.0505. The number of nitrogens with one attached hydrogen (secondary N) is 1. The number of hydrogen-bond donors (Lipinski definition) is 1. The number of benzene rings is 2. The molecule has 0 radical (unpaired) electrons. The van der Waals surface area contributed by atoms with Gasteiger partial charge in [-0.3, -0.25) is 4.79 Å². The van der Waals surface area contributed by atoms with E-state index in [1.54, 1.807) is 29.2 Å². The van der Waals surface area contributed by atoms with Crippen LogP contribution >= 0.6 is 11.6 Å². The van der Waals surface area contributed by atoms with Gasteiger partial charge in [0.1, 0.15) is 12.4 Å². The van der Waals surface area contributed by atoms with Crippen LogP contribution in [0.25, 0.3) is 0 Å². The van der Waals surface area contributed by atoms with E-state index in [0.29, 0.717) is 43.1 Å². The molecule has 6 heteroatoms. The van der Waals surface area contributed by atoms with Crippen LogP contribution in [0.5, 0.6) is 5.75 Å². The number of terminal acetylenes is 1. The van der Waals surface area contributed by atoms with E-state index in [9.17, 15) is 9.59 Å². The normalized spacial score (nSPS) is 14.1. The number of hydrogen-bond acceptors (Lipinski definition) is 3. The number of rotatable bonds is 7. The van der Waals surface area contributed by atoms with Gasteiger partial charge in [-0.2, -0.15) is 0 Å². The number of piperidine rings is 1. The lowest BCUT2D eigenvalue weighted by molar-refractivity contribution is 0.0854. The number of halogens is 1. The summed E-state index contributed by atoms with van der Waals surface area (Å²) in [6.07, 6.45) is 7.25. The Morgan fingerprint density at radius 2 is 1.77 bits per heavy atom. The van der Waals surface area contributed by atoms with Crippen molar-refractivity contribution in [1.29, 1.82) is 0 Å². The first kappa shape index (κ1) is 21.7. The fourth-order valence-corrected chi connectivity index (χ4v) is 3.62. The van der Waals surface area contributed by atoms with Gasteiger partial charge in [-0.15, -0.1) is 6.42 Å². The molecule has 1 aliphatic rings. The van der Waals surface area contributed by atoms with Crippen LogP contribution in [0.1, 0.15) is 28.8 Å². The molecule has 0 atom stereocenters. The molecular formula is C24H25ClN2O3. The summed E-state index contributed by atoms with van der Waals surface area (Å²) in [7, 11) is 0. The van der Waals surface area contributed by atoms with Crippen LogP contribution in [-0.2, 0) is 6.42 Å². The van der Waals surface area contributed by atoms with Crippen molar-refractivity contribution in [2.45, 2.75) is 19.3 Å². The minimum atomic E-state index is -0.0821. The van der Waals surface area contributed by atoms with Crippen molar-refractivity contribution >= 4 is 23.4 Å². The van der Waals surface area contributed by atoms with Crippen LogP contribution in [0, 0.1) is 18.3 Å². The van der Waals surface area contributed by atoms with Gasteiger partial charge in [0, 0.05) is 36.1 Å². The first-order valence-corrected chi connectivity index (χ1v) is 10.4. The van der Waals surface area contributed by atoms with Gasteiger partial charge < -0.3 is 15.0 Å². The third kappa shape index (κ3) is 6.01. The van der Waals surface area contributed by atoms with Crippen molar-refractivity contribution in [3.63, 3.8) is 0 Å². The Balaban J connectivity index is 1.39. The Morgan fingerprint density at radius 3 is 2.40 bits per heavy atom. The zero-order valence-corrected chi connectivity index (χ0v) is 17.5. The summed E-state index contributed by atoms with van der Waals surface area (Å²) < 4.78 is 5.35. The van der Waals surface area contributed by atoms with Crippen LogP contribution in [0.2, 0.25) is 5.02 Å². The van der Waals surface area contributed by atoms with E-state index in [-0.39, 0.29) is 24.3 Å². The van der Waals surface area contributed by atoms with Crippen molar-refractivity contribution in [1.82, 2.24) is 10.2 Å². The number of ether oxygens (including phenoxy) is 1. The second kappa shape index (κ2) is 10.7. The Kier molecular flexibility index (Phi) is 7.75. The first-order chi connectivity index (χ1) is 14.6. The molecule has 3 rings (SSSR count). The highest BCUT2D eigenvalue weighted by Gasteiger charge is 2.27. The predicted octanol–water partition coefficient (Wildman–Crippen LogP) is 4.20. The lowest BCUT2D eigenvalue weighted by Gasteiger charge is -2.31. The topological polar surface area (TPSA) is 58.6 Å². The SMILES string of the molecule is C#CCOc1ccc(CCNC(=O)N2CCC(C(=O)c3ccc(Cl)cc3)CC2)cc1. The summed E-state index contributed by atoms with van der Waals surface area (Å²) >= 11 is 5.89. The highest BCUT2D eigenvalue weighted by molar-refractivity contribution is 6.30. The molecule has 0 unspecified atom stereocenters. The summed E-state index contributed by atoms with van der Waals surface area (Å²) in [5, 5.41) is 3.58. The van der Waals surface area contributed by atoms with Crippen molar-refractivity contribution < 1.29 is 14.3 Å². The highest BCUT2D eigenvalue weighted by Crippen LogP contribution is 2.23. The van der Waals surface area contributed by atoms with E-state index in [1.165, 1.54) is 0 Å². The van der Waals surface area contributed by atoms with Crippen LogP contribution in [0.4, 0.5) is 4.79 Å². The van der Waals surface area contributed by atoms with Crippen molar-refractivity contribution in [3.8, 4) is 18.1 Å². The Hall–Kier alpha value is -2.97. The summed E-state index contributed by atoms with van der Waals surface area (Å²) in [5.41, 5.74) is 1.79. The van der Waals surface area contributed by atoms with Gasteiger partial charge in [0.2, 0.25) is 0 Å². The lowest BCUT2D eigenvalue weighted by Crippen LogP contribution is -2.45. The molecule has 1 fully saturated rings. The Morgan fingerprint density at radius 1 is 1.10 bits per heavy atom. The van der Waals surface area contributed by atoms with Gasteiger partial charge in [0.15, 0.2) is 5.78 Å². The average Bonchev–Trinajstić information content (AvgIpc) is 2.78. The highest BCUT2D eigenvalue weighted by atomic mass is 35.5. The van der Waals surface area contributed by atoms with Crippen molar-refractivity contribution in [2.75, 3.05) is 26.2 Å². The van der Waals surface area contributed by atoms with Gasteiger partial charge in [-0.05, 0) is 61.2 Å². The molecule has 156 valence electrons. The molecule has 1 aliphatic heterocycles. The van der Waals surface area contributed by atoms with Crippen LogP contribution in [0.15, 0.2) is 48.5 Å². The molecule has 2 amide bonds. The molecule has 1 N–H and O–H groups in total. The molecule has 0 aromatic heterocycles. The molecule has 5 nitrogen and oxygen atoms in total. The monoisotopic (exact) mass is 424 g/mol. The molecule has 1 heterocycles. The molecule has 30 heavy (non-hydrogen) atoms. The number of nitrogens with zero attached hydrogens (tertiary/aromatic N) is 1. The summed E-state index contributed by atoms with van der Waals surface area (Å²) in [6.45, 7) is 1.96. The van der Waals surface area contributed by atoms with E-state index >= 15 is 0 Å². The maximum atomic E-state index is 12.6. The van der Waals surface area contributed by atoms with Crippen molar-refractivity contribution in [2.24, 2.45) is 5.92 Å². The van der Waals surface area contributed by atoms with E-state index in [1.807, 2.05) is 24.3 Å². The number of amides is 2. The average molecular weight is 425 g/mol. The number of Topliss-reactive ketones (excluding diaryl/α,β-unsaturated/α-hetero) is 1. The molecule has 0 spiro atoms. The van der Waals surface area contributed by atoms with Gasteiger partial charge in [-0.25, -0.2) is 4.79 Å². The maximum Gasteiger partial charge on any atom is 0.317 e. The standard InChI is InChI=1S/C24H25ClN2O3/c1-2-17-30-22-9-3-18(4-10-22)11-14-26-24(29)27-15-12-20(13-16-27)23(28)19-5-7-21(25)8-6-19/h1,3-10,20H,11-17H2,(H,26,29). The number of ketones is 1. The molecular weight excluding hydrogens is 400 g/mol. The third-order valence-electron chi connectivity index (χ3n) is 5.22. The van der Waals surface area contributed by atoms with E-state index in [2.05, 4.69) is 11.2 Å². The zero-order valence-electron chi connectivity index (χ0n) is 16.8. The van der Waals surface area contributed by atoms with Gasteiger partial charge in [-0.1, -0.05) is 29.7 Å². The fourth-order valence-electron chi connectivity index (χ4n) is 3.50. The van der Waals surface area contributed by atoms with Crippen LogP contribution in [-0.4, -0.2) is 43.0 Å². The summed E-state index contributed by atoms with van der Waals surface area (Å²) in [4.78, 5) is 26.8. The van der Waals surface area contributed by atoms with E-state index < -0.39 is 0 Å².